The second kappa shape index (κ2) is 4.55. The molecule has 2 N–H and O–H groups in total. The van der Waals surface area contributed by atoms with Crippen LogP contribution in [0.1, 0.15) is 5.69 Å². The summed E-state index contributed by atoms with van der Waals surface area (Å²) in [6.45, 7) is 0.373. The van der Waals surface area contributed by atoms with Gasteiger partial charge < -0.3 is 10.5 Å². The number of benzene rings is 1. The van der Waals surface area contributed by atoms with Gasteiger partial charge in [0.1, 0.15) is 11.6 Å². The van der Waals surface area contributed by atoms with Crippen LogP contribution in [0.3, 0.4) is 0 Å². The van der Waals surface area contributed by atoms with Crippen molar-refractivity contribution >= 4 is 5.82 Å². The first-order valence-electron chi connectivity index (χ1n) is 5.19. The fourth-order valence-electron chi connectivity index (χ4n) is 1.76. The Morgan fingerprint density at radius 3 is 2.59 bits per heavy atom. The number of nitrogens with two attached hydrogens (primary N) is 1. The minimum atomic E-state index is -0.274. The number of nitrogens with zero attached hydrogens (tertiary/aromatic N) is 2. The van der Waals surface area contributed by atoms with Gasteiger partial charge in [0.25, 0.3) is 0 Å². The molecule has 0 spiro atoms. The second-order valence-corrected chi connectivity index (χ2v) is 3.77. The van der Waals surface area contributed by atoms with E-state index in [9.17, 15) is 4.39 Å². The molecule has 2 rings (SSSR count). The van der Waals surface area contributed by atoms with E-state index in [-0.39, 0.29) is 5.82 Å². The van der Waals surface area contributed by atoms with Crippen molar-refractivity contribution in [2.24, 2.45) is 7.05 Å². The fraction of sp³-hybridized carbons (Fsp3) is 0.250. The van der Waals surface area contributed by atoms with Crippen LogP contribution in [0.2, 0.25) is 0 Å². The molecule has 2 aromatic rings. The molecule has 0 saturated carbocycles. The van der Waals surface area contributed by atoms with Crippen LogP contribution in [0.15, 0.2) is 24.3 Å². The summed E-state index contributed by atoms with van der Waals surface area (Å²) >= 11 is 0. The molecule has 5 heteroatoms. The van der Waals surface area contributed by atoms with Gasteiger partial charge in [-0.1, -0.05) is 12.1 Å². The van der Waals surface area contributed by atoms with E-state index in [1.54, 1.807) is 31.0 Å². The van der Waals surface area contributed by atoms with E-state index in [2.05, 4.69) is 5.10 Å². The van der Waals surface area contributed by atoms with Gasteiger partial charge in [0.05, 0.1) is 12.3 Å². The molecule has 0 aliphatic carbocycles. The summed E-state index contributed by atoms with van der Waals surface area (Å²) in [6, 6.07) is 6.17. The van der Waals surface area contributed by atoms with Crippen LogP contribution in [-0.2, 0) is 18.4 Å². The molecule has 4 nitrogen and oxygen atoms in total. The molecule has 0 aliphatic heterocycles. The lowest BCUT2D eigenvalue weighted by atomic mass is 10.1. The highest BCUT2D eigenvalue weighted by Gasteiger charge is 2.15. The largest absolute Gasteiger partial charge is 0.383 e. The number of hydrogen-bond donors (Lipinski definition) is 1. The summed E-state index contributed by atoms with van der Waals surface area (Å²) in [5.74, 6) is 0.271. The molecule has 0 fully saturated rings. The number of nitrogen functional groups attached to an aromatic ring is 1. The summed E-state index contributed by atoms with van der Waals surface area (Å²) in [4.78, 5) is 0. The van der Waals surface area contributed by atoms with Crippen LogP contribution in [0, 0.1) is 5.82 Å². The third-order valence-electron chi connectivity index (χ3n) is 2.58. The van der Waals surface area contributed by atoms with Crippen LogP contribution in [0.4, 0.5) is 10.2 Å². The average molecular weight is 235 g/mol. The molecule has 1 aromatic heterocycles. The Morgan fingerprint density at radius 1 is 1.35 bits per heavy atom. The quantitative estimate of drug-likeness (QED) is 0.884. The molecule has 0 amide bonds. The Morgan fingerprint density at radius 2 is 2.00 bits per heavy atom. The zero-order valence-corrected chi connectivity index (χ0v) is 9.77. The molecular weight excluding hydrogens is 221 g/mol. The van der Waals surface area contributed by atoms with Crippen LogP contribution in [0.25, 0.3) is 11.1 Å². The molecule has 1 aromatic carbocycles. The maximum atomic E-state index is 12.9. The van der Waals surface area contributed by atoms with Crippen molar-refractivity contribution in [3.63, 3.8) is 0 Å². The Labute approximate surface area is 98.8 Å². The average Bonchev–Trinajstić information content (AvgIpc) is 2.57. The lowest BCUT2D eigenvalue weighted by molar-refractivity contribution is 0.181. The van der Waals surface area contributed by atoms with Gasteiger partial charge in [0.15, 0.2) is 0 Å². The summed E-state index contributed by atoms with van der Waals surface area (Å²) in [7, 11) is 3.36. The van der Waals surface area contributed by atoms with Crippen molar-refractivity contribution in [1.29, 1.82) is 0 Å². The number of anilines is 1. The molecule has 0 unspecified atom stereocenters. The number of halogens is 1. The topological polar surface area (TPSA) is 53.1 Å². The van der Waals surface area contributed by atoms with E-state index in [0.717, 1.165) is 16.8 Å². The molecule has 0 atom stereocenters. The highest BCUT2D eigenvalue weighted by molar-refractivity contribution is 5.76. The lowest BCUT2D eigenvalue weighted by Gasteiger charge is -2.03. The van der Waals surface area contributed by atoms with Crippen molar-refractivity contribution in [1.82, 2.24) is 9.78 Å². The van der Waals surface area contributed by atoms with Crippen LogP contribution in [-0.4, -0.2) is 16.9 Å². The number of rotatable bonds is 3. The zero-order chi connectivity index (χ0) is 12.4. The van der Waals surface area contributed by atoms with E-state index in [1.165, 1.54) is 12.1 Å². The third kappa shape index (κ3) is 2.14. The molecule has 17 heavy (non-hydrogen) atoms. The monoisotopic (exact) mass is 235 g/mol. The molecule has 1 heterocycles. The van der Waals surface area contributed by atoms with E-state index in [0.29, 0.717) is 12.4 Å². The zero-order valence-electron chi connectivity index (χ0n) is 9.77. The van der Waals surface area contributed by atoms with Crippen molar-refractivity contribution in [3.05, 3.63) is 35.8 Å². The first-order chi connectivity index (χ1) is 8.13. The van der Waals surface area contributed by atoms with Gasteiger partial charge >= 0.3 is 0 Å². The van der Waals surface area contributed by atoms with Gasteiger partial charge in [-0.05, 0) is 17.7 Å². The number of aromatic nitrogens is 2. The SMILES string of the molecule is COCc1nn(C)c(N)c1-c1ccc(F)cc1. The van der Waals surface area contributed by atoms with Crippen molar-refractivity contribution < 1.29 is 9.13 Å². The normalized spacial score (nSPS) is 10.8. The van der Waals surface area contributed by atoms with Crippen molar-refractivity contribution in [2.45, 2.75) is 6.61 Å². The van der Waals surface area contributed by atoms with E-state index in [1.807, 2.05) is 0 Å². The summed E-state index contributed by atoms with van der Waals surface area (Å²) in [6.07, 6.45) is 0. The highest BCUT2D eigenvalue weighted by atomic mass is 19.1. The predicted molar refractivity (Wildman–Crippen MR) is 63.7 cm³/mol. The first kappa shape index (κ1) is 11.6. The van der Waals surface area contributed by atoms with Gasteiger partial charge in [-0.3, -0.25) is 4.68 Å². The van der Waals surface area contributed by atoms with Gasteiger partial charge in [0.2, 0.25) is 0 Å². The first-order valence-corrected chi connectivity index (χ1v) is 5.19. The fourth-order valence-corrected chi connectivity index (χ4v) is 1.76. The maximum absolute atomic E-state index is 12.9. The lowest BCUT2D eigenvalue weighted by Crippen LogP contribution is -1.98. The summed E-state index contributed by atoms with van der Waals surface area (Å²) in [5, 5.41) is 4.27. The Hall–Kier alpha value is -1.88. The minimum absolute atomic E-state index is 0.274. The molecule has 0 saturated heterocycles. The van der Waals surface area contributed by atoms with E-state index < -0.39 is 0 Å². The molecule has 90 valence electrons. The number of hydrogen-bond acceptors (Lipinski definition) is 3. The third-order valence-corrected chi connectivity index (χ3v) is 2.58. The summed E-state index contributed by atoms with van der Waals surface area (Å²) < 4.78 is 19.5. The number of ether oxygens (including phenoxy) is 1. The van der Waals surface area contributed by atoms with Crippen molar-refractivity contribution in [3.8, 4) is 11.1 Å². The smallest absolute Gasteiger partial charge is 0.129 e. The number of aryl methyl sites for hydroxylation is 1. The van der Waals surface area contributed by atoms with Gasteiger partial charge in [0, 0.05) is 19.7 Å². The van der Waals surface area contributed by atoms with Crippen LogP contribution < -0.4 is 5.73 Å². The van der Waals surface area contributed by atoms with Gasteiger partial charge in [-0.2, -0.15) is 5.10 Å². The summed E-state index contributed by atoms with van der Waals surface area (Å²) in [5.41, 5.74) is 8.34. The minimum Gasteiger partial charge on any atom is -0.383 e. The second-order valence-electron chi connectivity index (χ2n) is 3.77. The highest BCUT2D eigenvalue weighted by Crippen LogP contribution is 2.29. The van der Waals surface area contributed by atoms with Gasteiger partial charge in [-0.25, -0.2) is 4.39 Å². The Balaban J connectivity index is 2.53. The van der Waals surface area contributed by atoms with Crippen LogP contribution in [0.5, 0.6) is 0 Å². The van der Waals surface area contributed by atoms with Crippen LogP contribution >= 0.6 is 0 Å². The molecule has 0 radical (unpaired) electrons. The number of methoxy groups -OCH3 is 1. The predicted octanol–water partition coefficient (Wildman–Crippen LogP) is 1.95. The van der Waals surface area contributed by atoms with E-state index in [4.69, 9.17) is 10.5 Å². The standard InChI is InChI=1S/C12H14FN3O/c1-16-12(14)11(10(15-16)7-17-2)8-3-5-9(13)6-4-8/h3-6H,7,14H2,1-2H3. The Kier molecular flexibility index (Phi) is 3.10. The Bertz CT molecular complexity index is 519. The molecular formula is C12H14FN3O. The molecule has 0 aliphatic rings. The maximum Gasteiger partial charge on any atom is 0.129 e. The molecule has 0 bridgehead atoms. The van der Waals surface area contributed by atoms with Crippen molar-refractivity contribution in [2.75, 3.05) is 12.8 Å². The van der Waals surface area contributed by atoms with E-state index >= 15 is 0 Å². The van der Waals surface area contributed by atoms with Gasteiger partial charge in [-0.15, -0.1) is 0 Å².